The van der Waals surface area contributed by atoms with E-state index in [1.807, 2.05) is 19.2 Å². The molecule has 0 aliphatic heterocycles. The van der Waals surface area contributed by atoms with Gasteiger partial charge in [-0.2, -0.15) is 5.10 Å². The van der Waals surface area contributed by atoms with Gasteiger partial charge in [0, 0.05) is 49.4 Å². The Kier molecular flexibility index (Phi) is 5.39. The second-order valence-corrected chi connectivity index (χ2v) is 8.87. The summed E-state index contributed by atoms with van der Waals surface area (Å²) in [4.78, 5) is 12.7. The van der Waals surface area contributed by atoms with Gasteiger partial charge in [0.25, 0.3) is 0 Å². The summed E-state index contributed by atoms with van der Waals surface area (Å²) in [6, 6.07) is 6.14. The molecule has 3 aromatic rings. The van der Waals surface area contributed by atoms with Gasteiger partial charge >= 0.3 is 0 Å². The Hall–Kier alpha value is -2.69. The Balaban J connectivity index is 1.55. The van der Waals surface area contributed by atoms with Crippen molar-refractivity contribution in [3.05, 3.63) is 54.9 Å². The van der Waals surface area contributed by atoms with Crippen LogP contribution in [-0.2, 0) is 17.1 Å². The molecule has 29 heavy (non-hydrogen) atoms. The van der Waals surface area contributed by atoms with Gasteiger partial charge in [0.2, 0.25) is 10.0 Å². The zero-order chi connectivity index (χ0) is 20.4. The highest BCUT2D eigenvalue weighted by molar-refractivity contribution is 7.89. The summed E-state index contributed by atoms with van der Waals surface area (Å²) in [5.41, 5.74) is 0.819. The highest BCUT2D eigenvalue weighted by atomic mass is 32.2. The van der Waals surface area contributed by atoms with Crippen LogP contribution < -0.4 is 4.72 Å². The van der Waals surface area contributed by atoms with Gasteiger partial charge in [0.05, 0.1) is 6.10 Å². The number of aromatic nitrogens is 5. The fourth-order valence-electron chi connectivity index (χ4n) is 3.66. The van der Waals surface area contributed by atoms with Crippen molar-refractivity contribution in [1.29, 1.82) is 0 Å². The number of sulfonamides is 1. The van der Waals surface area contributed by atoms with E-state index in [2.05, 4.69) is 24.8 Å². The Labute approximate surface area is 168 Å². The van der Waals surface area contributed by atoms with Gasteiger partial charge in [-0.25, -0.2) is 18.1 Å². The van der Waals surface area contributed by atoms with E-state index in [1.54, 1.807) is 23.1 Å². The molecule has 0 saturated heterocycles. The molecule has 1 aliphatic rings. The van der Waals surface area contributed by atoms with Crippen LogP contribution in [0.2, 0.25) is 0 Å². The van der Waals surface area contributed by atoms with E-state index in [0.717, 1.165) is 11.4 Å². The molecular formula is C19H22N6O3S. The molecule has 0 aromatic carbocycles. The lowest BCUT2D eigenvalue weighted by Gasteiger charge is -2.33. The second-order valence-electron chi connectivity index (χ2n) is 7.15. The summed E-state index contributed by atoms with van der Waals surface area (Å²) in [6.07, 6.45) is 7.04. The second kappa shape index (κ2) is 7.97. The van der Waals surface area contributed by atoms with E-state index < -0.39 is 22.2 Å². The van der Waals surface area contributed by atoms with Crippen molar-refractivity contribution in [2.45, 2.75) is 42.2 Å². The van der Waals surface area contributed by atoms with Crippen LogP contribution in [0.25, 0.3) is 11.4 Å². The van der Waals surface area contributed by atoms with E-state index in [4.69, 9.17) is 0 Å². The molecule has 9 nitrogen and oxygen atoms in total. The Morgan fingerprint density at radius 1 is 1.14 bits per heavy atom. The summed E-state index contributed by atoms with van der Waals surface area (Å²) in [7, 11) is -1.95. The molecule has 0 bridgehead atoms. The third-order valence-electron chi connectivity index (χ3n) is 5.15. The standard InChI is InChI=1S/C19H22N6O3S/c1-25-19(22-18(23-25)14-4-2-8-20-11-14)13-6-7-17(26)16(10-13)24-29(27,28)15-5-3-9-21-12-15/h2-5,8-9,11-13,16-17,24,26H,6-7,10H2,1H3/t13-,16+,17+/m0/s1. The fraction of sp³-hybridized carbons (Fsp3) is 0.368. The van der Waals surface area contributed by atoms with Crippen LogP contribution in [0.4, 0.5) is 0 Å². The van der Waals surface area contributed by atoms with Gasteiger partial charge < -0.3 is 5.11 Å². The predicted octanol–water partition coefficient (Wildman–Crippen LogP) is 1.25. The van der Waals surface area contributed by atoms with Crippen molar-refractivity contribution in [1.82, 2.24) is 29.5 Å². The van der Waals surface area contributed by atoms with E-state index in [1.165, 1.54) is 18.5 Å². The number of rotatable bonds is 5. The smallest absolute Gasteiger partial charge is 0.242 e. The maximum absolute atomic E-state index is 12.6. The van der Waals surface area contributed by atoms with Crippen molar-refractivity contribution >= 4 is 10.0 Å². The van der Waals surface area contributed by atoms with Crippen molar-refractivity contribution in [3.8, 4) is 11.4 Å². The van der Waals surface area contributed by atoms with Crippen molar-refractivity contribution in [2.24, 2.45) is 7.05 Å². The maximum Gasteiger partial charge on any atom is 0.242 e. The number of hydrogen-bond acceptors (Lipinski definition) is 7. The van der Waals surface area contributed by atoms with E-state index in [0.29, 0.717) is 25.1 Å². The molecule has 0 unspecified atom stereocenters. The van der Waals surface area contributed by atoms with Crippen LogP contribution in [-0.4, -0.2) is 50.4 Å². The first-order chi connectivity index (χ1) is 13.9. The van der Waals surface area contributed by atoms with Crippen molar-refractivity contribution < 1.29 is 13.5 Å². The predicted molar refractivity (Wildman–Crippen MR) is 105 cm³/mol. The number of nitrogens with zero attached hydrogens (tertiary/aromatic N) is 5. The molecular weight excluding hydrogens is 392 g/mol. The molecule has 152 valence electrons. The molecule has 1 fully saturated rings. The topological polar surface area (TPSA) is 123 Å². The minimum Gasteiger partial charge on any atom is -0.391 e. The number of nitrogens with one attached hydrogen (secondary N) is 1. The van der Waals surface area contributed by atoms with Gasteiger partial charge in [-0.05, 0) is 43.5 Å². The normalized spacial score (nSPS) is 22.5. The molecule has 2 N–H and O–H groups in total. The highest BCUT2D eigenvalue weighted by Gasteiger charge is 2.35. The molecule has 1 saturated carbocycles. The van der Waals surface area contributed by atoms with Crippen LogP contribution in [0.5, 0.6) is 0 Å². The largest absolute Gasteiger partial charge is 0.391 e. The minimum atomic E-state index is -3.77. The van der Waals surface area contributed by atoms with Crippen LogP contribution >= 0.6 is 0 Å². The zero-order valence-corrected chi connectivity index (χ0v) is 16.7. The SMILES string of the molecule is Cn1nc(-c2cccnc2)nc1[C@H]1CC[C@@H](O)[C@H](NS(=O)(=O)c2cccnc2)C1. The quantitative estimate of drug-likeness (QED) is 0.644. The molecule has 1 aliphatic carbocycles. The van der Waals surface area contributed by atoms with Crippen molar-refractivity contribution in [2.75, 3.05) is 0 Å². The molecule has 3 aromatic heterocycles. The molecule has 0 amide bonds. The highest BCUT2D eigenvalue weighted by Crippen LogP contribution is 2.33. The Bertz CT molecular complexity index is 1070. The lowest BCUT2D eigenvalue weighted by atomic mass is 9.83. The molecule has 3 atom stereocenters. The first kappa shape index (κ1) is 19.6. The van der Waals surface area contributed by atoms with E-state index in [-0.39, 0.29) is 10.8 Å². The van der Waals surface area contributed by atoms with E-state index in [9.17, 15) is 13.5 Å². The van der Waals surface area contributed by atoms with Gasteiger partial charge in [-0.1, -0.05) is 0 Å². The Morgan fingerprint density at radius 2 is 1.90 bits per heavy atom. The monoisotopic (exact) mass is 414 g/mol. The molecule has 10 heteroatoms. The summed E-state index contributed by atoms with van der Waals surface area (Å²) in [5.74, 6) is 1.32. The average molecular weight is 414 g/mol. The lowest BCUT2D eigenvalue weighted by molar-refractivity contribution is 0.0916. The van der Waals surface area contributed by atoms with Gasteiger partial charge in [-0.3, -0.25) is 14.6 Å². The number of aryl methyl sites for hydroxylation is 1. The lowest BCUT2D eigenvalue weighted by Crippen LogP contribution is -2.46. The molecule has 3 heterocycles. The van der Waals surface area contributed by atoms with Crippen LogP contribution in [0.1, 0.15) is 31.0 Å². The third-order valence-corrected chi connectivity index (χ3v) is 6.62. The summed E-state index contributed by atoms with van der Waals surface area (Å²) in [6.45, 7) is 0. The number of pyridine rings is 2. The number of aliphatic hydroxyl groups excluding tert-OH is 1. The summed E-state index contributed by atoms with van der Waals surface area (Å²) < 4.78 is 29.6. The minimum absolute atomic E-state index is 0.0251. The molecule has 0 radical (unpaired) electrons. The fourth-order valence-corrected chi connectivity index (χ4v) is 4.90. The van der Waals surface area contributed by atoms with Crippen LogP contribution in [0.15, 0.2) is 53.9 Å². The van der Waals surface area contributed by atoms with Crippen LogP contribution in [0, 0.1) is 0 Å². The first-order valence-corrected chi connectivity index (χ1v) is 10.8. The number of hydrogen-bond donors (Lipinski definition) is 2. The summed E-state index contributed by atoms with van der Waals surface area (Å²) >= 11 is 0. The number of aliphatic hydroxyl groups is 1. The van der Waals surface area contributed by atoms with Crippen LogP contribution in [0.3, 0.4) is 0 Å². The maximum atomic E-state index is 12.6. The average Bonchev–Trinajstić information content (AvgIpc) is 3.12. The van der Waals surface area contributed by atoms with Crippen molar-refractivity contribution in [3.63, 3.8) is 0 Å². The summed E-state index contributed by atoms with van der Waals surface area (Å²) in [5, 5.41) is 14.9. The Morgan fingerprint density at radius 3 is 2.59 bits per heavy atom. The molecule has 4 rings (SSSR count). The van der Waals surface area contributed by atoms with Gasteiger partial charge in [-0.15, -0.1) is 0 Å². The van der Waals surface area contributed by atoms with Gasteiger partial charge in [0.1, 0.15) is 10.7 Å². The van der Waals surface area contributed by atoms with Gasteiger partial charge in [0.15, 0.2) is 5.82 Å². The third kappa shape index (κ3) is 4.19. The zero-order valence-electron chi connectivity index (χ0n) is 15.9. The van der Waals surface area contributed by atoms with E-state index >= 15 is 0 Å². The molecule has 0 spiro atoms. The first-order valence-electron chi connectivity index (χ1n) is 9.36.